The van der Waals surface area contributed by atoms with Gasteiger partial charge in [0.05, 0.1) is 10.2 Å². The molecule has 0 spiro atoms. The lowest BCUT2D eigenvalue weighted by molar-refractivity contribution is 1.37. The van der Waals surface area contributed by atoms with E-state index in [2.05, 4.69) is 11.1 Å². The van der Waals surface area contributed by atoms with Crippen LogP contribution in [-0.4, -0.2) is 4.98 Å². The van der Waals surface area contributed by atoms with Gasteiger partial charge >= 0.3 is 4.87 Å². The highest BCUT2D eigenvalue weighted by Crippen LogP contribution is 2.20. The number of hydrogen-bond acceptors (Lipinski definition) is 2. The minimum atomic E-state index is 0.0266. The second kappa shape index (κ2) is 2.45. The summed E-state index contributed by atoms with van der Waals surface area (Å²) in [5, 5.41) is 0. The number of fused-ring (bicyclic) bond motifs is 1. The molecule has 0 aliphatic carbocycles. The first-order valence-corrected chi connectivity index (χ1v) is 4.58. The maximum atomic E-state index is 11.0. The fraction of sp³-hybridized carbons (Fsp3) is 0.222. The second-order valence-corrected chi connectivity index (χ2v) is 3.96. The number of thiazole rings is 1. The molecule has 0 saturated carbocycles. The minimum absolute atomic E-state index is 0.0266. The first-order valence-electron chi connectivity index (χ1n) is 3.77. The standard InChI is InChI=1S/C9H9NOS/c1-5-3-6(2)8-7(4-5)10-9(11)12-8/h3-4H,1-2H3,(H,10,11). The zero-order valence-electron chi connectivity index (χ0n) is 6.97. The van der Waals surface area contributed by atoms with Crippen molar-refractivity contribution in [3.05, 3.63) is 32.9 Å². The number of aryl methyl sites for hydroxylation is 2. The van der Waals surface area contributed by atoms with Gasteiger partial charge in [0.25, 0.3) is 0 Å². The van der Waals surface area contributed by atoms with Gasteiger partial charge in [0.2, 0.25) is 0 Å². The predicted octanol–water partition coefficient (Wildman–Crippen LogP) is 2.21. The van der Waals surface area contributed by atoms with E-state index in [0.29, 0.717) is 0 Å². The number of aromatic nitrogens is 1. The predicted molar refractivity (Wildman–Crippen MR) is 51.9 cm³/mol. The molecule has 2 nitrogen and oxygen atoms in total. The van der Waals surface area contributed by atoms with Gasteiger partial charge in [-0.05, 0) is 31.0 Å². The second-order valence-electron chi connectivity index (χ2n) is 2.97. The molecule has 0 aliphatic heterocycles. The summed E-state index contributed by atoms with van der Waals surface area (Å²) in [6, 6.07) is 4.09. The molecule has 3 heteroatoms. The van der Waals surface area contributed by atoms with Crippen molar-refractivity contribution in [1.82, 2.24) is 4.98 Å². The van der Waals surface area contributed by atoms with E-state index in [-0.39, 0.29) is 4.87 Å². The third-order valence-corrected chi connectivity index (χ3v) is 2.88. The highest BCUT2D eigenvalue weighted by molar-refractivity contribution is 7.16. The summed E-state index contributed by atoms with van der Waals surface area (Å²) in [6.45, 7) is 4.06. The Morgan fingerprint density at radius 1 is 1.33 bits per heavy atom. The van der Waals surface area contributed by atoms with E-state index in [0.717, 1.165) is 10.2 Å². The highest BCUT2D eigenvalue weighted by atomic mass is 32.1. The van der Waals surface area contributed by atoms with E-state index in [4.69, 9.17) is 0 Å². The topological polar surface area (TPSA) is 32.9 Å². The van der Waals surface area contributed by atoms with Crippen LogP contribution >= 0.6 is 11.3 Å². The normalized spacial score (nSPS) is 10.8. The summed E-state index contributed by atoms with van der Waals surface area (Å²) in [5.41, 5.74) is 3.32. The minimum Gasteiger partial charge on any atom is -0.312 e. The van der Waals surface area contributed by atoms with Crippen LogP contribution in [0, 0.1) is 13.8 Å². The Bertz CT molecular complexity index is 481. The van der Waals surface area contributed by atoms with Gasteiger partial charge in [-0.15, -0.1) is 0 Å². The Kier molecular flexibility index (Phi) is 1.54. The van der Waals surface area contributed by atoms with Gasteiger partial charge in [-0.3, -0.25) is 4.79 Å². The van der Waals surface area contributed by atoms with Gasteiger partial charge in [0.1, 0.15) is 0 Å². The van der Waals surface area contributed by atoms with Crippen LogP contribution < -0.4 is 4.87 Å². The molecular weight excluding hydrogens is 170 g/mol. The first kappa shape index (κ1) is 7.55. The van der Waals surface area contributed by atoms with Crippen molar-refractivity contribution in [2.75, 3.05) is 0 Å². The van der Waals surface area contributed by atoms with E-state index < -0.39 is 0 Å². The average Bonchev–Trinajstić information content (AvgIpc) is 2.29. The van der Waals surface area contributed by atoms with E-state index in [1.807, 2.05) is 19.9 Å². The van der Waals surface area contributed by atoms with E-state index >= 15 is 0 Å². The molecule has 0 fully saturated rings. The van der Waals surface area contributed by atoms with Crippen molar-refractivity contribution in [1.29, 1.82) is 0 Å². The van der Waals surface area contributed by atoms with Gasteiger partial charge in [0.15, 0.2) is 0 Å². The number of H-pyrrole nitrogens is 1. The fourth-order valence-electron chi connectivity index (χ4n) is 1.41. The number of benzene rings is 1. The van der Waals surface area contributed by atoms with Crippen LogP contribution in [0.2, 0.25) is 0 Å². The Labute approximate surface area is 73.9 Å². The Morgan fingerprint density at radius 2 is 2.08 bits per heavy atom. The maximum absolute atomic E-state index is 11.0. The Morgan fingerprint density at radius 3 is 2.83 bits per heavy atom. The quantitative estimate of drug-likeness (QED) is 0.660. The SMILES string of the molecule is Cc1cc(C)c2sc(=O)[nH]c2c1. The highest BCUT2D eigenvalue weighted by Gasteiger charge is 2.01. The number of aromatic amines is 1. The van der Waals surface area contributed by atoms with Gasteiger partial charge in [-0.25, -0.2) is 0 Å². The smallest absolute Gasteiger partial charge is 0.305 e. The van der Waals surface area contributed by atoms with Gasteiger partial charge in [-0.1, -0.05) is 17.4 Å². The van der Waals surface area contributed by atoms with Gasteiger partial charge in [-0.2, -0.15) is 0 Å². The van der Waals surface area contributed by atoms with Crippen molar-refractivity contribution < 1.29 is 0 Å². The summed E-state index contributed by atoms with van der Waals surface area (Å²) in [7, 11) is 0. The van der Waals surface area contributed by atoms with Crippen molar-refractivity contribution in [3.8, 4) is 0 Å². The molecule has 0 saturated heterocycles. The summed E-state index contributed by atoms with van der Waals surface area (Å²) < 4.78 is 1.07. The molecular formula is C9H9NOS. The number of rotatable bonds is 0. The summed E-state index contributed by atoms with van der Waals surface area (Å²) >= 11 is 1.28. The van der Waals surface area contributed by atoms with E-state index in [1.165, 1.54) is 22.5 Å². The molecule has 0 radical (unpaired) electrons. The maximum Gasteiger partial charge on any atom is 0.305 e. The third kappa shape index (κ3) is 1.06. The van der Waals surface area contributed by atoms with Gasteiger partial charge < -0.3 is 4.98 Å². The molecule has 1 heterocycles. The van der Waals surface area contributed by atoms with Crippen molar-refractivity contribution in [3.63, 3.8) is 0 Å². The molecule has 2 aromatic rings. The van der Waals surface area contributed by atoms with Crippen molar-refractivity contribution in [2.45, 2.75) is 13.8 Å². The zero-order valence-corrected chi connectivity index (χ0v) is 7.79. The molecule has 0 unspecified atom stereocenters. The van der Waals surface area contributed by atoms with Crippen LogP contribution in [0.4, 0.5) is 0 Å². The summed E-state index contributed by atoms with van der Waals surface area (Å²) in [5.74, 6) is 0. The largest absolute Gasteiger partial charge is 0.312 e. The third-order valence-electron chi connectivity index (χ3n) is 1.85. The number of hydrogen-bond donors (Lipinski definition) is 1. The Hall–Kier alpha value is -1.09. The Balaban J connectivity index is 2.97. The molecule has 2 rings (SSSR count). The van der Waals surface area contributed by atoms with Crippen molar-refractivity contribution in [2.24, 2.45) is 0 Å². The van der Waals surface area contributed by atoms with Crippen LogP contribution in [0.5, 0.6) is 0 Å². The summed E-state index contributed by atoms with van der Waals surface area (Å²) in [6.07, 6.45) is 0. The van der Waals surface area contributed by atoms with E-state index in [1.54, 1.807) is 0 Å². The molecule has 12 heavy (non-hydrogen) atoms. The molecule has 1 aromatic carbocycles. The van der Waals surface area contributed by atoms with Crippen LogP contribution in [0.25, 0.3) is 10.2 Å². The lowest BCUT2D eigenvalue weighted by Gasteiger charge is -1.96. The van der Waals surface area contributed by atoms with Crippen LogP contribution in [0.1, 0.15) is 11.1 Å². The number of nitrogens with one attached hydrogen (secondary N) is 1. The monoisotopic (exact) mass is 179 g/mol. The van der Waals surface area contributed by atoms with Crippen LogP contribution in [0.15, 0.2) is 16.9 Å². The molecule has 62 valence electrons. The first-order chi connectivity index (χ1) is 5.66. The lowest BCUT2D eigenvalue weighted by atomic mass is 10.1. The van der Waals surface area contributed by atoms with Crippen molar-refractivity contribution >= 4 is 21.6 Å². The average molecular weight is 179 g/mol. The molecule has 0 amide bonds. The van der Waals surface area contributed by atoms with Gasteiger partial charge in [0, 0.05) is 0 Å². The molecule has 0 atom stereocenters. The molecule has 1 N–H and O–H groups in total. The lowest BCUT2D eigenvalue weighted by Crippen LogP contribution is -1.89. The zero-order chi connectivity index (χ0) is 8.72. The molecule has 0 aliphatic rings. The summed E-state index contributed by atoms with van der Waals surface area (Å²) in [4.78, 5) is 13.8. The molecule has 0 bridgehead atoms. The van der Waals surface area contributed by atoms with Crippen LogP contribution in [-0.2, 0) is 0 Å². The fourth-order valence-corrected chi connectivity index (χ4v) is 2.20. The van der Waals surface area contributed by atoms with E-state index in [9.17, 15) is 4.79 Å². The van der Waals surface area contributed by atoms with Crippen LogP contribution in [0.3, 0.4) is 0 Å². The molecule has 1 aromatic heterocycles.